The molecule has 1 unspecified atom stereocenters. The van der Waals surface area contributed by atoms with E-state index in [2.05, 4.69) is 88.8 Å². The van der Waals surface area contributed by atoms with Crippen LogP contribution in [-0.4, -0.2) is 44.4 Å². The fraction of sp³-hybridized carbons (Fsp3) is 0.296. The van der Waals surface area contributed by atoms with Crippen LogP contribution in [0.1, 0.15) is 29.7 Å². The van der Waals surface area contributed by atoms with Gasteiger partial charge in [-0.15, -0.1) is 0 Å². The minimum atomic E-state index is -0.0425. The zero-order valence-corrected chi connectivity index (χ0v) is 18.7. The molecule has 3 aromatic rings. The lowest BCUT2D eigenvalue weighted by Crippen LogP contribution is -2.50. The van der Waals surface area contributed by atoms with Crippen LogP contribution in [-0.2, 0) is 4.74 Å². The molecule has 1 atom stereocenters. The van der Waals surface area contributed by atoms with Crippen LogP contribution < -0.4 is 10.2 Å². The molecule has 164 valence electrons. The summed E-state index contributed by atoms with van der Waals surface area (Å²) in [5.74, 6) is 0. The molecule has 1 N–H and O–H groups in total. The number of piperazine rings is 1. The van der Waals surface area contributed by atoms with E-state index in [1.165, 1.54) is 0 Å². The average Bonchev–Trinajstić information content (AvgIpc) is 2.87. The summed E-state index contributed by atoms with van der Waals surface area (Å²) in [6.45, 7) is 5.86. The van der Waals surface area contributed by atoms with Crippen LogP contribution in [0.25, 0.3) is 0 Å². The minimum absolute atomic E-state index is 0.0425. The van der Waals surface area contributed by atoms with Crippen molar-refractivity contribution in [3.63, 3.8) is 0 Å². The normalized spacial score (nSPS) is 15.4. The lowest BCUT2D eigenvalue weighted by Gasteiger charge is -2.38. The Labute approximate surface area is 190 Å². The Bertz CT molecular complexity index is 1000. The third kappa shape index (κ3) is 4.94. The SMILES string of the molecule is COC(C)N1CCN(c2ccc(C#N)c(NC(c3ccccc3)c3ccccc3)c2)CC1. The summed E-state index contributed by atoms with van der Waals surface area (Å²) >= 11 is 0. The third-order valence-corrected chi connectivity index (χ3v) is 6.22. The highest BCUT2D eigenvalue weighted by Gasteiger charge is 2.22. The second-order valence-corrected chi connectivity index (χ2v) is 8.10. The molecule has 1 heterocycles. The van der Waals surface area contributed by atoms with E-state index in [1.807, 2.05) is 18.2 Å². The van der Waals surface area contributed by atoms with E-state index in [-0.39, 0.29) is 12.3 Å². The molecule has 32 heavy (non-hydrogen) atoms. The van der Waals surface area contributed by atoms with Crippen molar-refractivity contribution in [1.29, 1.82) is 5.26 Å². The quantitative estimate of drug-likeness (QED) is 0.584. The Morgan fingerprint density at radius 1 is 0.875 bits per heavy atom. The Morgan fingerprint density at radius 2 is 1.47 bits per heavy atom. The van der Waals surface area contributed by atoms with Gasteiger partial charge in [-0.05, 0) is 36.2 Å². The zero-order valence-electron chi connectivity index (χ0n) is 18.7. The molecule has 0 amide bonds. The summed E-state index contributed by atoms with van der Waals surface area (Å²) in [7, 11) is 1.76. The molecule has 1 fully saturated rings. The van der Waals surface area contributed by atoms with Crippen LogP contribution >= 0.6 is 0 Å². The van der Waals surface area contributed by atoms with Gasteiger partial charge >= 0.3 is 0 Å². The van der Waals surface area contributed by atoms with Crippen molar-refractivity contribution in [2.45, 2.75) is 19.2 Å². The molecule has 0 bridgehead atoms. The third-order valence-electron chi connectivity index (χ3n) is 6.22. The maximum Gasteiger partial charge on any atom is 0.107 e. The number of benzene rings is 3. The molecule has 0 saturated carbocycles. The minimum Gasteiger partial charge on any atom is -0.373 e. The van der Waals surface area contributed by atoms with Gasteiger partial charge in [0.1, 0.15) is 12.3 Å². The highest BCUT2D eigenvalue weighted by atomic mass is 16.5. The van der Waals surface area contributed by atoms with Crippen LogP contribution in [0.5, 0.6) is 0 Å². The summed E-state index contributed by atoms with van der Waals surface area (Å²) < 4.78 is 5.47. The second-order valence-electron chi connectivity index (χ2n) is 8.10. The number of ether oxygens (including phenoxy) is 1. The first-order valence-electron chi connectivity index (χ1n) is 11.1. The van der Waals surface area contributed by atoms with Crippen LogP contribution in [0, 0.1) is 11.3 Å². The fourth-order valence-electron chi connectivity index (χ4n) is 4.24. The van der Waals surface area contributed by atoms with Gasteiger partial charge in [0.15, 0.2) is 0 Å². The predicted molar refractivity (Wildman–Crippen MR) is 130 cm³/mol. The van der Waals surface area contributed by atoms with E-state index in [9.17, 15) is 5.26 Å². The Hall–Kier alpha value is -3.33. The van der Waals surface area contributed by atoms with Gasteiger partial charge in [-0.1, -0.05) is 60.7 Å². The smallest absolute Gasteiger partial charge is 0.107 e. The molecule has 0 radical (unpaired) electrons. The molecule has 5 nitrogen and oxygen atoms in total. The largest absolute Gasteiger partial charge is 0.373 e. The van der Waals surface area contributed by atoms with Gasteiger partial charge in [0.05, 0.1) is 17.3 Å². The van der Waals surface area contributed by atoms with Crippen molar-refractivity contribution in [3.8, 4) is 6.07 Å². The number of nitriles is 1. The summed E-state index contributed by atoms with van der Waals surface area (Å²) in [5.41, 5.74) is 4.97. The second kappa shape index (κ2) is 10.3. The summed E-state index contributed by atoms with van der Waals surface area (Å²) in [6, 6.07) is 29.2. The zero-order chi connectivity index (χ0) is 22.3. The van der Waals surface area contributed by atoms with Crippen molar-refractivity contribution in [2.24, 2.45) is 0 Å². The number of hydrogen-bond acceptors (Lipinski definition) is 5. The van der Waals surface area contributed by atoms with Gasteiger partial charge in [-0.25, -0.2) is 0 Å². The molecule has 3 aromatic carbocycles. The lowest BCUT2D eigenvalue weighted by molar-refractivity contribution is -0.0212. The number of nitrogens with zero attached hydrogens (tertiary/aromatic N) is 3. The number of methoxy groups -OCH3 is 1. The first kappa shape index (κ1) is 21.9. The molecule has 5 heteroatoms. The molecule has 0 spiro atoms. The molecule has 1 aliphatic heterocycles. The number of nitrogens with one attached hydrogen (secondary N) is 1. The first-order chi connectivity index (χ1) is 15.7. The molecule has 0 aliphatic carbocycles. The Kier molecular flexibility index (Phi) is 7.06. The molecule has 0 aromatic heterocycles. The van der Waals surface area contributed by atoms with E-state index >= 15 is 0 Å². The van der Waals surface area contributed by atoms with E-state index in [0.717, 1.165) is 48.7 Å². The van der Waals surface area contributed by atoms with Crippen LogP contribution in [0.2, 0.25) is 0 Å². The number of anilines is 2. The van der Waals surface area contributed by atoms with E-state index in [0.29, 0.717) is 5.56 Å². The van der Waals surface area contributed by atoms with Gasteiger partial charge in [0.25, 0.3) is 0 Å². The fourth-order valence-corrected chi connectivity index (χ4v) is 4.24. The van der Waals surface area contributed by atoms with E-state index in [4.69, 9.17) is 4.74 Å². The van der Waals surface area contributed by atoms with Crippen molar-refractivity contribution >= 4 is 11.4 Å². The van der Waals surface area contributed by atoms with E-state index in [1.54, 1.807) is 7.11 Å². The van der Waals surface area contributed by atoms with Gasteiger partial charge in [0.2, 0.25) is 0 Å². The summed E-state index contributed by atoms with van der Waals surface area (Å²) in [6.07, 6.45) is 0.132. The van der Waals surface area contributed by atoms with Crippen molar-refractivity contribution in [2.75, 3.05) is 43.5 Å². The Morgan fingerprint density at radius 3 is 2.00 bits per heavy atom. The van der Waals surface area contributed by atoms with Crippen molar-refractivity contribution in [1.82, 2.24) is 4.90 Å². The van der Waals surface area contributed by atoms with Crippen molar-refractivity contribution in [3.05, 3.63) is 95.6 Å². The van der Waals surface area contributed by atoms with Crippen LogP contribution in [0.3, 0.4) is 0 Å². The maximum atomic E-state index is 9.77. The Balaban J connectivity index is 1.60. The summed E-state index contributed by atoms with van der Waals surface area (Å²) in [4.78, 5) is 4.73. The molecular formula is C27H30N4O. The van der Waals surface area contributed by atoms with Gasteiger partial charge < -0.3 is 15.0 Å². The summed E-state index contributed by atoms with van der Waals surface area (Å²) in [5, 5.41) is 13.4. The molecular weight excluding hydrogens is 396 g/mol. The van der Waals surface area contributed by atoms with Gasteiger partial charge in [0, 0.05) is 39.0 Å². The monoisotopic (exact) mass is 426 g/mol. The predicted octanol–water partition coefficient (Wildman–Crippen LogP) is 4.87. The maximum absolute atomic E-state index is 9.77. The molecule has 4 rings (SSSR count). The van der Waals surface area contributed by atoms with E-state index < -0.39 is 0 Å². The standard InChI is InChI=1S/C27H30N4O/c1-21(32-2)30-15-17-31(18-16-30)25-14-13-24(20-28)26(19-25)29-27(22-9-5-3-6-10-22)23-11-7-4-8-12-23/h3-14,19,21,27,29H,15-18H2,1-2H3. The first-order valence-corrected chi connectivity index (χ1v) is 11.1. The van der Waals surface area contributed by atoms with Gasteiger partial charge in [-0.2, -0.15) is 5.26 Å². The molecule has 1 aliphatic rings. The highest BCUT2D eigenvalue weighted by molar-refractivity contribution is 5.67. The lowest BCUT2D eigenvalue weighted by atomic mass is 9.98. The number of rotatable bonds is 7. The van der Waals surface area contributed by atoms with Crippen LogP contribution in [0.15, 0.2) is 78.9 Å². The van der Waals surface area contributed by atoms with Crippen LogP contribution in [0.4, 0.5) is 11.4 Å². The topological polar surface area (TPSA) is 51.5 Å². The molecule has 1 saturated heterocycles. The highest BCUT2D eigenvalue weighted by Crippen LogP contribution is 2.31. The number of hydrogen-bond donors (Lipinski definition) is 1. The average molecular weight is 427 g/mol. The van der Waals surface area contributed by atoms with Gasteiger partial charge in [-0.3, -0.25) is 4.90 Å². The van der Waals surface area contributed by atoms with Crippen molar-refractivity contribution < 1.29 is 4.74 Å².